The Kier molecular flexibility index (Phi) is 4.79. The van der Waals surface area contributed by atoms with Gasteiger partial charge in [0.1, 0.15) is 6.04 Å². The van der Waals surface area contributed by atoms with Crippen LogP contribution in [0.5, 0.6) is 0 Å². The quantitative estimate of drug-likeness (QED) is 0.896. The van der Waals surface area contributed by atoms with E-state index in [1.54, 1.807) is 17.3 Å². The first-order chi connectivity index (χ1) is 11.1. The molecule has 3 atom stereocenters. The molecule has 2 aliphatic rings. The maximum atomic E-state index is 12.6. The lowest BCUT2D eigenvalue weighted by molar-refractivity contribution is -0.121. The average molecular weight is 316 g/mol. The number of rotatable bonds is 3. The fourth-order valence-corrected chi connectivity index (χ4v) is 3.51. The molecule has 0 radical (unpaired) electrons. The first-order valence-corrected chi connectivity index (χ1v) is 8.43. The lowest BCUT2D eigenvalue weighted by Gasteiger charge is -2.32. The van der Waals surface area contributed by atoms with Crippen LogP contribution >= 0.6 is 0 Å². The number of nitrogens with zero attached hydrogens (tertiary/aromatic N) is 2. The first-order valence-electron chi connectivity index (χ1n) is 8.43. The van der Waals surface area contributed by atoms with Gasteiger partial charge in [-0.25, -0.2) is 4.79 Å². The van der Waals surface area contributed by atoms with E-state index in [1.165, 1.54) is 0 Å². The highest BCUT2D eigenvalue weighted by Crippen LogP contribution is 2.25. The summed E-state index contributed by atoms with van der Waals surface area (Å²) in [5.41, 5.74) is 0.786. The van der Waals surface area contributed by atoms with Crippen LogP contribution in [0.4, 0.5) is 10.5 Å². The molecule has 6 heteroatoms. The Bertz CT molecular complexity index is 563. The smallest absolute Gasteiger partial charge is 0.315 e. The van der Waals surface area contributed by atoms with Crippen molar-refractivity contribution < 1.29 is 9.59 Å². The molecule has 6 nitrogen and oxygen atoms in total. The van der Waals surface area contributed by atoms with Crippen molar-refractivity contribution in [1.82, 2.24) is 15.6 Å². The lowest BCUT2D eigenvalue weighted by Crippen LogP contribution is -2.55. The fourth-order valence-electron chi connectivity index (χ4n) is 3.51. The minimum Gasteiger partial charge on any atom is -0.335 e. The topological polar surface area (TPSA) is 74.3 Å². The number of amides is 3. The van der Waals surface area contributed by atoms with Gasteiger partial charge < -0.3 is 15.5 Å². The summed E-state index contributed by atoms with van der Waals surface area (Å²) in [6, 6.07) is 3.22. The van der Waals surface area contributed by atoms with Gasteiger partial charge in [-0.3, -0.25) is 9.78 Å². The average Bonchev–Trinajstić information content (AvgIpc) is 2.95. The van der Waals surface area contributed by atoms with Crippen molar-refractivity contribution in [3.63, 3.8) is 0 Å². The molecule has 1 saturated heterocycles. The molecule has 1 aliphatic carbocycles. The van der Waals surface area contributed by atoms with E-state index >= 15 is 0 Å². The molecule has 1 aromatic heterocycles. The van der Waals surface area contributed by atoms with Crippen LogP contribution in [0.3, 0.4) is 0 Å². The number of aromatic nitrogens is 1. The fraction of sp³-hybridized carbons (Fsp3) is 0.588. The summed E-state index contributed by atoms with van der Waals surface area (Å²) in [5.74, 6) is 0.452. The van der Waals surface area contributed by atoms with Crippen LogP contribution in [-0.2, 0) is 4.79 Å². The van der Waals surface area contributed by atoms with Crippen molar-refractivity contribution in [3.8, 4) is 0 Å². The number of carbonyl (C=O) groups excluding carboxylic acids is 2. The van der Waals surface area contributed by atoms with Crippen LogP contribution < -0.4 is 15.5 Å². The van der Waals surface area contributed by atoms with Gasteiger partial charge in [-0.2, -0.15) is 0 Å². The molecule has 3 amide bonds. The minimum absolute atomic E-state index is 0.0566. The van der Waals surface area contributed by atoms with E-state index in [0.29, 0.717) is 18.9 Å². The van der Waals surface area contributed by atoms with Gasteiger partial charge in [0.15, 0.2) is 0 Å². The van der Waals surface area contributed by atoms with Crippen LogP contribution in [0.2, 0.25) is 0 Å². The van der Waals surface area contributed by atoms with Crippen molar-refractivity contribution in [2.75, 3.05) is 11.4 Å². The lowest BCUT2D eigenvalue weighted by atomic mass is 10.0. The largest absolute Gasteiger partial charge is 0.335 e. The molecular formula is C17H24N4O2. The molecule has 2 fully saturated rings. The molecule has 1 aromatic rings. The summed E-state index contributed by atoms with van der Waals surface area (Å²) in [6.07, 6.45) is 8.25. The Morgan fingerprint density at radius 3 is 2.83 bits per heavy atom. The number of anilines is 1. The maximum absolute atomic E-state index is 12.6. The molecule has 124 valence electrons. The maximum Gasteiger partial charge on any atom is 0.315 e. The van der Waals surface area contributed by atoms with Crippen molar-refractivity contribution >= 4 is 17.6 Å². The van der Waals surface area contributed by atoms with E-state index < -0.39 is 6.04 Å². The monoisotopic (exact) mass is 316 g/mol. The summed E-state index contributed by atoms with van der Waals surface area (Å²) in [7, 11) is 0. The SMILES string of the molecule is C[C@@H]1CCC[C@@H]1NC(=O)N[C@@H]1CCCN(c2cccnc2)C1=O. The minimum atomic E-state index is -0.458. The molecule has 1 aliphatic heterocycles. The third-order valence-corrected chi connectivity index (χ3v) is 4.88. The zero-order valence-corrected chi connectivity index (χ0v) is 13.5. The highest BCUT2D eigenvalue weighted by Gasteiger charge is 2.32. The molecule has 2 N–H and O–H groups in total. The number of nitrogens with one attached hydrogen (secondary N) is 2. The normalized spacial score (nSPS) is 27.8. The standard InChI is InChI=1S/C17H24N4O2/c1-12-5-2-7-14(12)19-17(23)20-15-8-4-10-21(16(15)22)13-6-3-9-18-11-13/h3,6,9,11-12,14-15H,2,4-5,7-8,10H2,1H3,(H2,19,20,23)/t12-,14+,15-/m1/s1. The number of carbonyl (C=O) groups is 2. The number of piperidine rings is 1. The Hall–Kier alpha value is -2.11. The Morgan fingerprint density at radius 2 is 2.13 bits per heavy atom. The summed E-state index contributed by atoms with van der Waals surface area (Å²) in [6.45, 7) is 2.83. The van der Waals surface area contributed by atoms with Crippen molar-refractivity contribution in [2.24, 2.45) is 5.92 Å². The predicted octanol–water partition coefficient (Wildman–Crippen LogP) is 2.06. The molecule has 0 unspecified atom stereocenters. The van der Waals surface area contributed by atoms with Gasteiger partial charge in [-0.15, -0.1) is 0 Å². The van der Waals surface area contributed by atoms with Gasteiger partial charge in [0.05, 0.1) is 11.9 Å². The molecule has 3 rings (SSSR count). The molecular weight excluding hydrogens is 292 g/mol. The second-order valence-corrected chi connectivity index (χ2v) is 6.53. The van der Waals surface area contributed by atoms with Crippen LogP contribution in [-0.4, -0.2) is 35.6 Å². The zero-order valence-electron chi connectivity index (χ0n) is 13.5. The van der Waals surface area contributed by atoms with Crippen LogP contribution in [0.25, 0.3) is 0 Å². The number of pyridine rings is 1. The van der Waals surface area contributed by atoms with Gasteiger partial charge >= 0.3 is 6.03 Å². The first kappa shape index (κ1) is 15.8. The summed E-state index contributed by atoms with van der Waals surface area (Å²) < 4.78 is 0. The summed E-state index contributed by atoms with van der Waals surface area (Å²) >= 11 is 0. The van der Waals surface area contributed by atoms with Gasteiger partial charge in [0.25, 0.3) is 0 Å². The van der Waals surface area contributed by atoms with Crippen LogP contribution in [0.1, 0.15) is 39.0 Å². The molecule has 0 aromatic carbocycles. The van der Waals surface area contributed by atoms with E-state index in [0.717, 1.165) is 31.4 Å². The van der Waals surface area contributed by atoms with Gasteiger partial charge in [0, 0.05) is 18.8 Å². The highest BCUT2D eigenvalue weighted by molar-refractivity contribution is 5.99. The summed E-state index contributed by atoms with van der Waals surface area (Å²) in [5, 5.41) is 5.87. The zero-order chi connectivity index (χ0) is 16.2. The Morgan fingerprint density at radius 1 is 1.26 bits per heavy atom. The van der Waals surface area contributed by atoms with Gasteiger partial charge in [-0.1, -0.05) is 13.3 Å². The van der Waals surface area contributed by atoms with Crippen molar-refractivity contribution in [1.29, 1.82) is 0 Å². The van der Waals surface area contributed by atoms with Gasteiger partial charge in [0.2, 0.25) is 5.91 Å². The predicted molar refractivity (Wildman–Crippen MR) is 88.1 cm³/mol. The molecule has 2 heterocycles. The van der Waals surface area contributed by atoms with E-state index in [4.69, 9.17) is 0 Å². The molecule has 1 saturated carbocycles. The van der Waals surface area contributed by atoms with Crippen molar-refractivity contribution in [2.45, 2.75) is 51.1 Å². The van der Waals surface area contributed by atoms with Gasteiger partial charge in [-0.05, 0) is 43.7 Å². The second kappa shape index (κ2) is 6.98. The van der Waals surface area contributed by atoms with Crippen LogP contribution in [0.15, 0.2) is 24.5 Å². The Balaban J connectivity index is 1.59. The highest BCUT2D eigenvalue weighted by atomic mass is 16.2. The summed E-state index contributed by atoms with van der Waals surface area (Å²) in [4.78, 5) is 30.6. The number of hydrogen-bond donors (Lipinski definition) is 2. The van der Waals surface area contributed by atoms with Crippen molar-refractivity contribution in [3.05, 3.63) is 24.5 Å². The molecule has 23 heavy (non-hydrogen) atoms. The van der Waals surface area contributed by atoms with Crippen LogP contribution in [0, 0.1) is 5.92 Å². The molecule has 0 bridgehead atoms. The third kappa shape index (κ3) is 3.63. The van der Waals surface area contributed by atoms with E-state index in [2.05, 4.69) is 22.5 Å². The number of hydrogen-bond acceptors (Lipinski definition) is 3. The molecule has 0 spiro atoms. The van der Waals surface area contributed by atoms with E-state index in [1.807, 2.05) is 12.1 Å². The second-order valence-electron chi connectivity index (χ2n) is 6.53. The van der Waals surface area contributed by atoms with E-state index in [9.17, 15) is 9.59 Å². The number of urea groups is 1. The third-order valence-electron chi connectivity index (χ3n) is 4.88. The Labute approximate surface area is 136 Å². The van der Waals surface area contributed by atoms with E-state index in [-0.39, 0.29) is 18.0 Å².